The summed E-state index contributed by atoms with van der Waals surface area (Å²) in [4.78, 5) is 31.5. The van der Waals surface area contributed by atoms with Crippen LogP contribution in [0.25, 0.3) is 11.3 Å². The second-order valence-electron chi connectivity index (χ2n) is 12.7. The molecule has 18 heteroatoms. The Morgan fingerprint density at radius 3 is 2.53 bits per heavy atom. The van der Waals surface area contributed by atoms with Crippen molar-refractivity contribution in [1.29, 1.82) is 0 Å². The summed E-state index contributed by atoms with van der Waals surface area (Å²) in [6.07, 6.45) is -7.95. The van der Waals surface area contributed by atoms with Crippen LogP contribution in [0.5, 0.6) is 0 Å². The molecule has 49 heavy (non-hydrogen) atoms. The van der Waals surface area contributed by atoms with Gasteiger partial charge in [-0.3, -0.25) is 14.3 Å². The standard InChI is InChI=1S/C31H36F8N8O2/c1-4-46-24(7-10-41-46)28(49)43-26(18-5-8-29(32,33)9-6-18)23-15-47-25(42-23)13-21(17(2)45(3)16-30(34,35)36)22(44-47)12-19-11-20(31(37,38)39)14-40-27(19)48/h7,10,13,15,18-20,26H,2,4-6,8-9,11-12,14,16H2,1,3H3,(H,40,48)(H,43,49)/t19-,20-,26+/m1/s1. The van der Waals surface area contributed by atoms with Gasteiger partial charge in [-0.25, -0.2) is 18.3 Å². The molecular weight excluding hydrogens is 668 g/mol. The molecule has 1 saturated carbocycles. The number of carbonyl (C=O) groups is 2. The fraction of sp³-hybridized carbons (Fsp3) is 0.581. The first-order valence-electron chi connectivity index (χ1n) is 15.8. The summed E-state index contributed by atoms with van der Waals surface area (Å²) in [7, 11) is 1.14. The van der Waals surface area contributed by atoms with E-state index in [1.54, 1.807) is 6.92 Å². The van der Waals surface area contributed by atoms with Crippen molar-refractivity contribution < 1.29 is 44.7 Å². The zero-order valence-corrected chi connectivity index (χ0v) is 26.7. The Kier molecular flexibility index (Phi) is 9.98. The lowest BCUT2D eigenvalue weighted by Gasteiger charge is -2.33. The van der Waals surface area contributed by atoms with Crippen LogP contribution in [0.15, 0.2) is 31.1 Å². The number of hydrogen-bond donors (Lipinski definition) is 2. The number of imidazole rings is 1. The van der Waals surface area contributed by atoms with E-state index in [1.807, 2.05) is 0 Å². The van der Waals surface area contributed by atoms with Gasteiger partial charge in [0.2, 0.25) is 11.8 Å². The highest BCUT2D eigenvalue weighted by Crippen LogP contribution is 2.42. The van der Waals surface area contributed by atoms with Crippen LogP contribution in [0.2, 0.25) is 0 Å². The van der Waals surface area contributed by atoms with Gasteiger partial charge in [0.25, 0.3) is 5.91 Å². The van der Waals surface area contributed by atoms with E-state index < -0.39 is 86.2 Å². The molecule has 5 rings (SSSR count). The number of aryl methyl sites for hydroxylation is 1. The van der Waals surface area contributed by atoms with E-state index in [0.717, 1.165) is 11.9 Å². The average molecular weight is 705 g/mol. The highest BCUT2D eigenvalue weighted by Gasteiger charge is 2.45. The Bertz CT molecular complexity index is 1690. The summed E-state index contributed by atoms with van der Waals surface area (Å²) in [5.41, 5.74) is 0.417. The van der Waals surface area contributed by atoms with Crippen LogP contribution in [-0.2, 0) is 17.8 Å². The zero-order chi connectivity index (χ0) is 35.9. The molecule has 10 nitrogen and oxygen atoms in total. The number of hydrogen-bond acceptors (Lipinski definition) is 6. The number of rotatable bonds is 10. The Morgan fingerprint density at radius 1 is 1.20 bits per heavy atom. The van der Waals surface area contributed by atoms with Gasteiger partial charge in [-0.15, -0.1) is 0 Å². The Morgan fingerprint density at radius 2 is 1.90 bits per heavy atom. The molecule has 3 atom stereocenters. The van der Waals surface area contributed by atoms with Gasteiger partial charge in [0.05, 0.1) is 29.5 Å². The summed E-state index contributed by atoms with van der Waals surface area (Å²) in [6.45, 7) is 3.97. The predicted molar refractivity (Wildman–Crippen MR) is 160 cm³/mol. The highest BCUT2D eigenvalue weighted by atomic mass is 19.4. The van der Waals surface area contributed by atoms with E-state index in [0.29, 0.717) is 6.54 Å². The van der Waals surface area contributed by atoms with Crippen molar-refractivity contribution >= 4 is 23.2 Å². The van der Waals surface area contributed by atoms with Crippen LogP contribution in [0, 0.1) is 17.8 Å². The largest absolute Gasteiger partial charge is 0.405 e. The first-order valence-corrected chi connectivity index (χ1v) is 15.8. The molecule has 2 fully saturated rings. The van der Waals surface area contributed by atoms with Gasteiger partial charge in [-0.05, 0) is 44.2 Å². The van der Waals surface area contributed by atoms with Gasteiger partial charge in [0, 0.05) is 62.8 Å². The van der Waals surface area contributed by atoms with Gasteiger partial charge < -0.3 is 15.5 Å². The van der Waals surface area contributed by atoms with Crippen LogP contribution in [0.1, 0.15) is 72.5 Å². The molecule has 268 valence electrons. The quantitative estimate of drug-likeness (QED) is 0.268. The molecule has 2 N–H and O–H groups in total. The molecule has 0 spiro atoms. The first kappa shape index (κ1) is 36.0. The summed E-state index contributed by atoms with van der Waals surface area (Å²) in [5.74, 6) is -7.55. The van der Waals surface area contributed by atoms with Crippen LogP contribution in [0.4, 0.5) is 35.1 Å². The molecule has 4 heterocycles. The van der Waals surface area contributed by atoms with Crippen molar-refractivity contribution in [1.82, 2.24) is 39.9 Å². The normalized spacial score (nSPS) is 21.0. The van der Waals surface area contributed by atoms with Crippen molar-refractivity contribution in [3.05, 3.63) is 53.8 Å². The zero-order valence-electron chi connectivity index (χ0n) is 26.7. The average Bonchev–Trinajstić information content (AvgIpc) is 3.66. The third-order valence-electron chi connectivity index (χ3n) is 9.19. The van der Waals surface area contributed by atoms with Crippen LogP contribution < -0.4 is 10.6 Å². The van der Waals surface area contributed by atoms with Crippen molar-refractivity contribution in [3.8, 4) is 0 Å². The monoisotopic (exact) mass is 704 g/mol. The molecule has 0 unspecified atom stereocenters. The summed E-state index contributed by atoms with van der Waals surface area (Å²) < 4.78 is 112. The minimum Gasteiger partial charge on any atom is -0.366 e. The smallest absolute Gasteiger partial charge is 0.366 e. The fourth-order valence-corrected chi connectivity index (χ4v) is 6.48. The number of halogens is 8. The van der Waals surface area contributed by atoms with E-state index in [4.69, 9.17) is 0 Å². The van der Waals surface area contributed by atoms with Gasteiger partial charge >= 0.3 is 12.4 Å². The molecular formula is C31H36F8N8O2. The molecule has 0 aromatic carbocycles. The molecule has 3 aromatic rings. The van der Waals surface area contributed by atoms with Gasteiger partial charge in [0.15, 0.2) is 5.65 Å². The minimum atomic E-state index is -4.62. The van der Waals surface area contributed by atoms with Gasteiger partial charge in [-0.1, -0.05) is 6.58 Å². The molecule has 2 amide bonds. The van der Waals surface area contributed by atoms with E-state index in [1.165, 1.54) is 33.7 Å². The Hall–Kier alpha value is -4.25. The maximum atomic E-state index is 14.1. The maximum Gasteiger partial charge on any atom is 0.405 e. The van der Waals surface area contributed by atoms with E-state index in [2.05, 4.69) is 32.4 Å². The van der Waals surface area contributed by atoms with Gasteiger partial charge in [0.1, 0.15) is 12.2 Å². The van der Waals surface area contributed by atoms with Crippen LogP contribution in [-0.4, -0.2) is 79.5 Å². The number of fused-ring (bicyclic) bond motifs is 1. The maximum absolute atomic E-state index is 14.1. The number of carbonyl (C=O) groups excluding carboxylic acids is 2. The molecule has 1 aliphatic carbocycles. The molecule has 1 saturated heterocycles. The Labute approximate surface area is 275 Å². The summed E-state index contributed by atoms with van der Waals surface area (Å²) in [6, 6.07) is 1.98. The SMILES string of the molecule is C=C(c1cc2nc([C@@H](NC(=O)c3ccnn3CC)C3CCC(F)(F)CC3)cn2nc1C[C@H]1C[C@@H](C(F)(F)F)CNC1=O)N(C)CC(F)(F)F. The predicted octanol–water partition coefficient (Wildman–Crippen LogP) is 5.56. The van der Waals surface area contributed by atoms with Crippen molar-refractivity contribution in [2.24, 2.45) is 17.8 Å². The van der Waals surface area contributed by atoms with E-state index in [-0.39, 0.29) is 53.3 Å². The second-order valence-corrected chi connectivity index (χ2v) is 12.7. The third kappa shape index (κ3) is 8.32. The van der Waals surface area contributed by atoms with Crippen LogP contribution >= 0.6 is 0 Å². The van der Waals surface area contributed by atoms with Gasteiger partial charge in [-0.2, -0.15) is 36.5 Å². The number of nitrogens with zero attached hydrogens (tertiary/aromatic N) is 6. The number of piperidine rings is 1. The van der Waals surface area contributed by atoms with Crippen molar-refractivity contribution in [3.63, 3.8) is 0 Å². The Balaban J connectivity index is 1.55. The molecule has 1 aliphatic heterocycles. The lowest BCUT2D eigenvalue weighted by molar-refractivity contribution is -0.183. The first-order chi connectivity index (χ1) is 22.8. The summed E-state index contributed by atoms with van der Waals surface area (Å²) in [5, 5.41) is 13.8. The number of amides is 2. The lowest BCUT2D eigenvalue weighted by Crippen LogP contribution is -2.47. The lowest BCUT2D eigenvalue weighted by atomic mass is 9.81. The number of alkyl halides is 8. The molecule has 0 radical (unpaired) electrons. The van der Waals surface area contributed by atoms with Crippen molar-refractivity contribution in [2.75, 3.05) is 20.1 Å². The molecule has 0 bridgehead atoms. The number of aromatic nitrogens is 5. The van der Waals surface area contributed by atoms with Crippen molar-refractivity contribution in [2.45, 2.75) is 76.3 Å². The second kappa shape index (κ2) is 13.6. The molecule has 3 aromatic heterocycles. The van der Waals surface area contributed by atoms with E-state index in [9.17, 15) is 44.7 Å². The number of nitrogens with one attached hydrogen (secondary N) is 2. The van der Waals surface area contributed by atoms with Crippen LogP contribution in [0.3, 0.4) is 0 Å². The third-order valence-corrected chi connectivity index (χ3v) is 9.19. The fourth-order valence-electron chi connectivity index (χ4n) is 6.48. The minimum absolute atomic E-state index is 0.00295. The highest BCUT2D eigenvalue weighted by molar-refractivity contribution is 5.92. The summed E-state index contributed by atoms with van der Waals surface area (Å²) >= 11 is 0. The molecule has 2 aliphatic rings. The van der Waals surface area contributed by atoms with E-state index >= 15 is 0 Å². The topological polar surface area (TPSA) is 109 Å².